The lowest BCUT2D eigenvalue weighted by Gasteiger charge is -2.26. The maximum atomic E-state index is 12.1. The summed E-state index contributed by atoms with van der Waals surface area (Å²) in [6, 6.07) is 7.39. The molecule has 1 aromatic carbocycles. The van der Waals surface area contributed by atoms with Crippen molar-refractivity contribution < 1.29 is 4.79 Å². The van der Waals surface area contributed by atoms with E-state index in [1.807, 2.05) is 44.1 Å². The van der Waals surface area contributed by atoms with Crippen molar-refractivity contribution >= 4 is 34.8 Å². The Balaban J connectivity index is 2.88. The summed E-state index contributed by atoms with van der Waals surface area (Å²) in [4.78, 5) is 14.0. The number of halogens is 2. The third-order valence-electron chi connectivity index (χ3n) is 2.63. The lowest BCUT2D eigenvalue weighted by molar-refractivity contribution is 0.0921. The summed E-state index contributed by atoms with van der Waals surface area (Å²) in [6.07, 6.45) is 0. The summed E-state index contributed by atoms with van der Waals surface area (Å²) >= 11 is 11.6. The van der Waals surface area contributed by atoms with Crippen LogP contribution in [0.3, 0.4) is 0 Å². The number of hydrogen-bond acceptors (Lipinski definition) is 2. The van der Waals surface area contributed by atoms with Gasteiger partial charge < -0.3 is 10.2 Å². The second-order valence-electron chi connectivity index (χ2n) is 4.73. The monoisotopic (exact) mass is 288 g/mol. The molecular weight excluding hydrogens is 271 g/mol. The van der Waals surface area contributed by atoms with Gasteiger partial charge >= 0.3 is 0 Å². The molecule has 1 rings (SSSR count). The number of benzene rings is 1. The van der Waals surface area contributed by atoms with Gasteiger partial charge in [-0.3, -0.25) is 4.79 Å². The number of nitrogens with zero attached hydrogens (tertiary/aromatic N) is 1. The van der Waals surface area contributed by atoms with Gasteiger partial charge in [-0.1, -0.05) is 6.07 Å². The van der Waals surface area contributed by atoms with Crippen LogP contribution in [0.4, 0.5) is 5.69 Å². The number of anilines is 1. The van der Waals surface area contributed by atoms with Gasteiger partial charge in [-0.15, -0.1) is 23.2 Å². The van der Waals surface area contributed by atoms with Gasteiger partial charge in [0.15, 0.2) is 0 Å². The zero-order valence-corrected chi connectivity index (χ0v) is 12.3. The lowest BCUT2D eigenvalue weighted by atomic mass is 10.1. The fourth-order valence-electron chi connectivity index (χ4n) is 1.37. The number of hydrogen-bond donors (Lipinski definition) is 1. The molecule has 1 amide bonds. The van der Waals surface area contributed by atoms with Gasteiger partial charge in [0.05, 0.1) is 5.54 Å². The lowest BCUT2D eigenvalue weighted by Crippen LogP contribution is -2.49. The maximum absolute atomic E-state index is 12.1. The fourth-order valence-corrected chi connectivity index (χ4v) is 1.79. The highest BCUT2D eigenvalue weighted by Crippen LogP contribution is 2.15. The molecule has 0 aliphatic heterocycles. The highest BCUT2D eigenvalue weighted by atomic mass is 35.5. The van der Waals surface area contributed by atoms with Crippen LogP contribution in [0.5, 0.6) is 0 Å². The van der Waals surface area contributed by atoms with Crippen LogP contribution in [-0.2, 0) is 0 Å². The first-order valence-electron chi connectivity index (χ1n) is 5.64. The molecule has 0 fully saturated rings. The molecule has 0 spiro atoms. The Morgan fingerprint density at radius 3 is 2.44 bits per heavy atom. The summed E-state index contributed by atoms with van der Waals surface area (Å²) in [6.45, 7) is 1.82. The van der Waals surface area contributed by atoms with E-state index in [0.29, 0.717) is 5.56 Å². The van der Waals surface area contributed by atoms with Gasteiger partial charge in [-0.05, 0) is 25.1 Å². The Labute approximate surface area is 118 Å². The van der Waals surface area contributed by atoms with Crippen LogP contribution in [0, 0.1) is 0 Å². The van der Waals surface area contributed by atoms with Crippen molar-refractivity contribution in [3.63, 3.8) is 0 Å². The SMILES string of the molecule is CN(C)c1cccc(C(=O)NC(C)(CCl)CCl)c1. The molecule has 3 nitrogen and oxygen atoms in total. The van der Waals surface area contributed by atoms with Gasteiger partial charge in [-0.2, -0.15) is 0 Å². The van der Waals surface area contributed by atoms with E-state index in [1.165, 1.54) is 0 Å². The van der Waals surface area contributed by atoms with Crippen LogP contribution in [0.15, 0.2) is 24.3 Å². The number of carbonyl (C=O) groups excluding carboxylic acids is 1. The predicted octanol–water partition coefficient (Wildman–Crippen LogP) is 2.72. The van der Waals surface area contributed by atoms with Gasteiger partial charge in [0, 0.05) is 37.1 Å². The number of amides is 1. The Kier molecular flexibility index (Phi) is 5.29. The van der Waals surface area contributed by atoms with Crippen molar-refractivity contribution in [1.82, 2.24) is 5.32 Å². The second kappa shape index (κ2) is 6.30. The van der Waals surface area contributed by atoms with E-state index >= 15 is 0 Å². The first kappa shape index (κ1) is 15.1. The average molecular weight is 289 g/mol. The number of rotatable bonds is 5. The molecular formula is C13H18Cl2N2O. The topological polar surface area (TPSA) is 32.3 Å². The van der Waals surface area contributed by atoms with E-state index in [0.717, 1.165) is 5.69 Å². The molecule has 1 aromatic rings. The summed E-state index contributed by atoms with van der Waals surface area (Å²) in [5.41, 5.74) is 0.984. The Morgan fingerprint density at radius 2 is 1.94 bits per heavy atom. The molecule has 5 heteroatoms. The molecule has 18 heavy (non-hydrogen) atoms. The van der Waals surface area contributed by atoms with Crippen molar-refractivity contribution in [3.8, 4) is 0 Å². The van der Waals surface area contributed by atoms with Crippen LogP contribution in [0.1, 0.15) is 17.3 Å². The molecule has 0 atom stereocenters. The van der Waals surface area contributed by atoms with E-state index in [-0.39, 0.29) is 17.7 Å². The number of alkyl halides is 2. The Morgan fingerprint density at radius 1 is 1.33 bits per heavy atom. The van der Waals surface area contributed by atoms with Crippen molar-refractivity contribution in [2.75, 3.05) is 30.8 Å². The van der Waals surface area contributed by atoms with E-state index in [4.69, 9.17) is 23.2 Å². The zero-order chi connectivity index (χ0) is 13.8. The Hall–Kier alpha value is -0.930. The van der Waals surface area contributed by atoms with E-state index < -0.39 is 5.54 Å². The molecule has 0 radical (unpaired) electrons. The number of nitrogens with one attached hydrogen (secondary N) is 1. The van der Waals surface area contributed by atoms with E-state index in [9.17, 15) is 4.79 Å². The fraction of sp³-hybridized carbons (Fsp3) is 0.462. The van der Waals surface area contributed by atoms with Gasteiger partial charge in [-0.25, -0.2) is 0 Å². The average Bonchev–Trinajstić information content (AvgIpc) is 2.38. The van der Waals surface area contributed by atoms with Crippen molar-refractivity contribution in [3.05, 3.63) is 29.8 Å². The standard InChI is InChI=1S/C13H18Cl2N2O/c1-13(8-14,9-15)16-12(18)10-5-4-6-11(7-10)17(2)3/h4-7H,8-9H2,1-3H3,(H,16,18). The quantitative estimate of drug-likeness (QED) is 0.845. The molecule has 0 unspecified atom stereocenters. The highest BCUT2D eigenvalue weighted by molar-refractivity contribution is 6.22. The van der Waals surface area contributed by atoms with Crippen LogP contribution in [0.2, 0.25) is 0 Å². The minimum atomic E-state index is -0.589. The predicted molar refractivity (Wildman–Crippen MR) is 78.1 cm³/mol. The smallest absolute Gasteiger partial charge is 0.251 e. The largest absolute Gasteiger partial charge is 0.378 e. The molecule has 0 saturated heterocycles. The highest BCUT2D eigenvalue weighted by Gasteiger charge is 2.24. The normalized spacial score (nSPS) is 11.2. The molecule has 0 aliphatic rings. The molecule has 100 valence electrons. The summed E-state index contributed by atoms with van der Waals surface area (Å²) < 4.78 is 0. The molecule has 0 aromatic heterocycles. The first-order chi connectivity index (χ1) is 8.41. The molecule has 0 saturated carbocycles. The van der Waals surface area contributed by atoms with E-state index in [2.05, 4.69) is 5.32 Å². The number of carbonyl (C=O) groups is 1. The third kappa shape index (κ3) is 3.79. The van der Waals surface area contributed by atoms with Crippen LogP contribution in [-0.4, -0.2) is 37.3 Å². The van der Waals surface area contributed by atoms with Crippen molar-refractivity contribution in [2.45, 2.75) is 12.5 Å². The van der Waals surface area contributed by atoms with Gasteiger partial charge in [0.2, 0.25) is 0 Å². The summed E-state index contributed by atoms with van der Waals surface area (Å²) in [7, 11) is 3.86. The second-order valence-corrected chi connectivity index (χ2v) is 5.26. The summed E-state index contributed by atoms with van der Waals surface area (Å²) in [5, 5.41) is 2.85. The molecule has 0 aliphatic carbocycles. The minimum absolute atomic E-state index is 0.164. The van der Waals surface area contributed by atoms with Crippen molar-refractivity contribution in [2.24, 2.45) is 0 Å². The van der Waals surface area contributed by atoms with Gasteiger partial charge in [0.1, 0.15) is 0 Å². The first-order valence-corrected chi connectivity index (χ1v) is 6.70. The minimum Gasteiger partial charge on any atom is -0.378 e. The van der Waals surface area contributed by atoms with Crippen LogP contribution >= 0.6 is 23.2 Å². The van der Waals surface area contributed by atoms with Gasteiger partial charge in [0.25, 0.3) is 5.91 Å². The van der Waals surface area contributed by atoms with Crippen LogP contribution < -0.4 is 10.2 Å². The van der Waals surface area contributed by atoms with E-state index in [1.54, 1.807) is 6.07 Å². The maximum Gasteiger partial charge on any atom is 0.251 e. The zero-order valence-electron chi connectivity index (χ0n) is 10.8. The third-order valence-corrected chi connectivity index (χ3v) is 3.81. The molecule has 0 bridgehead atoms. The molecule has 0 heterocycles. The Bertz CT molecular complexity index is 417. The van der Waals surface area contributed by atoms with Crippen molar-refractivity contribution in [1.29, 1.82) is 0 Å². The molecule has 1 N–H and O–H groups in total. The van der Waals surface area contributed by atoms with Crippen LogP contribution in [0.25, 0.3) is 0 Å². The summed E-state index contributed by atoms with van der Waals surface area (Å²) in [5.74, 6) is 0.382.